The Morgan fingerprint density at radius 3 is 2.40 bits per heavy atom. The summed E-state index contributed by atoms with van der Waals surface area (Å²) in [6.45, 7) is 9.82. The SMILES string of the molecule is CC(C)(C)C1CCN(Cc2ccccc2C(=O)O)CC1. The lowest BCUT2D eigenvalue weighted by Gasteiger charge is -2.38. The second-order valence-corrected chi connectivity index (χ2v) is 6.88. The monoisotopic (exact) mass is 275 g/mol. The third-order valence-corrected chi connectivity index (χ3v) is 4.45. The van der Waals surface area contributed by atoms with Gasteiger partial charge in [0.1, 0.15) is 0 Å². The van der Waals surface area contributed by atoms with Crippen LogP contribution in [-0.4, -0.2) is 29.1 Å². The topological polar surface area (TPSA) is 40.5 Å². The number of nitrogens with zero attached hydrogens (tertiary/aromatic N) is 1. The number of carbonyl (C=O) groups is 1. The van der Waals surface area contributed by atoms with Gasteiger partial charge in [-0.1, -0.05) is 39.0 Å². The van der Waals surface area contributed by atoms with Crippen LogP contribution in [0.4, 0.5) is 0 Å². The van der Waals surface area contributed by atoms with E-state index in [2.05, 4.69) is 25.7 Å². The molecule has 0 radical (unpaired) electrons. The van der Waals surface area contributed by atoms with E-state index in [9.17, 15) is 9.90 Å². The van der Waals surface area contributed by atoms with E-state index in [0.29, 0.717) is 11.0 Å². The van der Waals surface area contributed by atoms with Crippen LogP contribution in [0.5, 0.6) is 0 Å². The quantitative estimate of drug-likeness (QED) is 0.915. The van der Waals surface area contributed by atoms with E-state index < -0.39 is 5.97 Å². The van der Waals surface area contributed by atoms with Crippen molar-refractivity contribution in [2.45, 2.75) is 40.2 Å². The number of hydrogen-bond donors (Lipinski definition) is 1. The molecule has 0 amide bonds. The fourth-order valence-corrected chi connectivity index (χ4v) is 3.06. The lowest BCUT2D eigenvalue weighted by Crippen LogP contribution is -2.37. The van der Waals surface area contributed by atoms with Crippen LogP contribution in [0.3, 0.4) is 0 Å². The third-order valence-electron chi connectivity index (χ3n) is 4.45. The Hall–Kier alpha value is -1.35. The molecule has 1 aromatic carbocycles. The van der Waals surface area contributed by atoms with Crippen molar-refractivity contribution in [2.24, 2.45) is 11.3 Å². The molecule has 1 heterocycles. The predicted octanol–water partition coefficient (Wildman–Crippen LogP) is 3.64. The van der Waals surface area contributed by atoms with Gasteiger partial charge >= 0.3 is 5.97 Å². The lowest BCUT2D eigenvalue weighted by molar-refractivity contribution is 0.0692. The van der Waals surface area contributed by atoms with Gasteiger partial charge in [0.15, 0.2) is 0 Å². The Labute approximate surface area is 121 Å². The minimum Gasteiger partial charge on any atom is -0.478 e. The summed E-state index contributed by atoms with van der Waals surface area (Å²) in [5.41, 5.74) is 1.74. The fourth-order valence-electron chi connectivity index (χ4n) is 3.06. The van der Waals surface area contributed by atoms with Crippen LogP contribution < -0.4 is 0 Å². The van der Waals surface area contributed by atoms with Crippen LogP contribution in [0.1, 0.15) is 49.5 Å². The molecule has 0 spiro atoms. The van der Waals surface area contributed by atoms with Gasteiger partial charge in [-0.2, -0.15) is 0 Å². The van der Waals surface area contributed by atoms with Gasteiger partial charge in [0, 0.05) is 6.54 Å². The van der Waals surface area contributed by atoms with Crippen molar-refractivity contribution in [3.05, 3.63) is 35.4 Å². The molecule has 0 unspecified atom stereocenters. The number of benzene rings is 1. The van der Waals surface area contributed by atoms with E-state index >= 15 is 0 Å². The third kappa shape index (κ3) is 3.60. The van der Waals surface area contributed by atoms with Gasteiger partial charge in [-0.3, -0.25) is 4.90 Å². The number of hydrogen-bond acceptors (Lipinski definition) is 2. The smallest absolute Gasteiger partial charge is 0.336 e. The normalized spacial score (nSPS) is 18.1. The molecular formula is C17H25NO2. The van der Waals surface area contributed by atoms with Gasteiger partial charge in [0.2, 0.25) is 0 Å². The number of likely N-dealkylation sites (tertiary alicyclic amines) is 1. The Kier molecular flexibility index (Phi) is 4.48. The average molecular weight is 275 g/mol. The summed E-state index contributed by atoms with van der Waals surface area (Å²) in [5, 5.41) is 9.23. The Morgan fingerprint density at radius 1 is 1.25 bits per heavy atom. The van der Waals surface area contributed by atoms with Gasteiger partial charge in [-0.05, 0) is 48.9 Å². The minimum absolute atomic E-state index is 0.380. The molecule has 0 saturated carbocycles. The highest BCUT2D eigenvalue weighted by Gasteiger charge is 2.28. The van der Waals surface area contributed by atoms with Crippen molar-refractivity contribution in [3.63, 3.8) is 0 Å². The van der Waals surface area contributed by atoms with Crippen LogP contribution in [-0.2, 0) is 6.54 Å². The number of aromatic carboxylic acids is 1. The first kappa shape index (κ1) is 15.0. The van der Waals surface area contributed by atoms with Gasteiger partial charge in [-0.25, -0.2) is 4.79 Å². The van der Waals surface area contributed by atoms with Crippen molar-refractivity contribution in [3.8, 4) is 0 Å². The zero-order chi connectivity index (χ0) is 14.8. The fraction of sp³-hybridized carbons (Fsp3) is 0.588. The van der Waals surface area contributed by atoms with Gasteiger partial charge in [0.25, 0.3) is 0 Å². The van der Waals surface area contributed by atoms with Gasteiger partial charge in [-0.15, -0.1) is 0 Å². The van der Waals surface area contributed by atoms with Gasteiger partial charge in [0.05, 0.1) is 5.56 Å². The van der Waals surface area contributed by atoms with Crippen molar-refractivity contribution in [1.82, 2.24) is 4.90 Å². The molecule has 1 aliphatic heterocycles. The lowest BCUT2D eigenvalue weighted by atomic mass is 9.75. The molecular weight excluding hydrogens is 250 g/mol. The Morgan fingerprint density at radius 2 is 1.85 bits per heavy atom. The molecule has 1 fully saturated rings. The van der Waals surface area contributed by atoms with E-state index in [1.54, 1.807) is 12.1 Å². The number of rotatable bonds is 3. The van der Waals surface area contributed by atoms with Crippen LogP contribution in [0.2, 0.25) is 0 Å². The van der Waals surface area contributed by atoms with Crippen LogP contribution in [0.25, 0.3) is 0 Å². The molecule has 1 aliphatic rings. The second kappa shape index (κ2) is 5.96. The molecule has 110 valence electrons. The number of piperidine rings is 1. The van der Waals surface area contributed by atoms with Crippen LogP contribution in [0, 0.1) is 11.3 Å². The number of carboxylic acid groups (broad SMARTS) is 1. The van der Waals surface area contributed by atoms with Gasteiger partial charge < -0.3 is 5.11 Å². The maximum atomic E-state index is 11.2. The molecule has 20 heavy (non-hydrogen) atoms. The van der Waals surface area contributed by atoms with Crippen molar-refractivity contribution >= 4 is 5.97 Å². The van der Waals surface area contributed by atoms with Crippen LogP contribution >= 0.6 is 0 Å². The summed E-state index contributed by atoms with van der Waals surface area (Å²) in [6.07, 6.45) is 2.41. The summed E-state index contributed by atoms with van der Waals surface area (Å²) >= 11 is 0. The molecule has 0 aliphatic carbocycles. The zero-order valence-electron chi connectivity index (χ0n) is 12.7. The number of carboxylic acids is 1. The molecule has 1 N–H and O–H groups in total. The highest BCUT2D eigenvalue weighted by molar-refractivity contribution is 5.89. The zero-order valence-corrected chi connectivity index (χ0v) is 12.7. The van der Waals surface area contributed by atoms with Crippen molar-refractivity contribution in [1.29, 1.82) is 0 Å². The molecule has 0 aromatic heterocycles. The first-order valence-electron chi connectivity index (χ1n) is 7.41. The van der Waals surface area contributed by atoms with E-state index in [1.807, 2.05) is 12.1 Å². The Bertz CT molecular complexity index is 468. The first-order valence-corrected chi connectivity index (χ1v) is 7.41. The minimum atomic E-state index is -0.829. The molecule has 1 saturated heterocycles. The van der Waals surface area contributed by atoms with E-state index in [0.717, 1.165) is 31.1 Å². The summed E-state index contributed by atoms with van der Waals surface area (Å²) in [4.78, 5) is 13.6. The van der Waals surface area contributed by atoms with Crippen LogP contribution in [0.15, 0.2) is 24.3 Å². The molecule has 2 rings (SSSR count). The molecule has 0 bridgehead atoms. The van der Waals surface area contributed by atoms with E-state index in [4.69, 9.17) is 0 Å². The second-order valence-electron chi connectivity index (χ2n) is 6.88. The first-order chi connectivity index (χ1) is 9.38. The maximum Gasteiger partial charge on any atom is 0.336 e. The highest BCUT2D eigenvalue weighted by Crippen LogP contribution is 2.34. The van der Waals surface area contributed by atoms with E-state index in [1.165, 1.54) is 12.8 Å². The summed E-state index contributed by atoms with van der Waals surface area (Å²) < 4.78 is 0. The Balaban J connectivity index is 1.98. The summed E-state index contributed by atoms with van der Waals surface area (Å²) in [7, 11) is 0. The maximum absolute atomic E-state index is 11.2. The molecule has 1 aromatic rings. The molecule has 0 atom stereocenters. The largest absolute Gasteiger partial charge is 0.478 e. The average Bonchev–Trinajstić information content (AvgIpc) is 2.38. The molecule has 3 heteroatoms. The predicted molar refractivity (Wildman–Crippen MR) is 80.9 cm³/mol. The molecule has 3 nitrogen and oxygen atoms in total. The van der Waals surface area contributed by atoms with E-state index in [-0.39, 0.29) is 0 Å². The summed E-state index contributed by atoms with van der Waals surface area (Å²) in [6, 6.07) is 7.33. The van der Waals surface area contributed by atoms with Crippen molar-refractivity contribution < 1.29 is 9.90 Å². The highest BCUT2D eigenvalue weighted by atomic mass is 16.4. The summed E-state index contributed by atoms with van der Waals surface area (Å²) in [5.74, 6) is -0.0568. The standard InChI is InChI=1S/C17H25NO2/c1-17(2,3)14-8-10-18(11-9-14)12-13-6-4-5-7-15(13)16(19)20/h4-7,14H,8-12H2,1-3H3,(H,19,20). The van der Waals surface area contributed by atoms with Crippen molar-refractivity contribution in [2.75, 3.05) is 13.1 Å².